The molecule has 0 N–H and O–H groups in total. The van der Waals surface area contributed by atoms with E-state index >= 15 is 0 Å². The topological polar surface area (TPSA) is 29.4 Å². The maximum atomic E-state index is 10.2. The fraction of sp³-hybridized carbons (Fsp3) is 0.909. The van der Waals surface area contributed by atoms with E-state index < -0.39 is 0 Å². The molecule has 1 unspecified atom stereocenters. The fourth-order valence-corrected chi connectivity index (χ4v) is 1.84. The molecule has 0 spiro atoms. The monoisotopic (exact) mass is 213 g/mol. The molecule has 0 aromatic rings. The molecular formula is C11H23NOSi. The molecule has 0 aliphatic rings. The van der Waals surface area contributed by atoms with E-state index in [1.165, 1.54) is 29.5 Å². The molecule has 0 aliphatic carbocycles. The molecule has 0 aromatic heterocycles. The predicted molar refractivity (Wildman–Crippen MR) is 64.6 cm³/mol. The second-order valence-corrected chi connectivity index (χ2v) is 6.46. The highest BCUT2D eigenvalue weighted by molar-refractivity contribution is 6.15. The second-order valence-electron chi connectivity index (χ2n) is 4.34. The first-order valence-corrected chi connectivity index (χ1v) is 6.68. The van der Waals surface area contributed by atoms with Crippen molar-refractivity contribution in [3.63, 3.8) is 0 Å². The van der Waals surface area contributed by atoms with Crippen LogP contribution in [0.3, 0.4) is 0 Å². The zero-order valence-electron chi connectivity index (χ0n) is 9.97. The summed E-state index contributed by atoms with van der Waals surface area (Å²) >= 11 is 0. The number of nitrogens with zero attached hydrogens (tertiary/aromatic N) is 1. The Labute approximate surface area is 90.6 Å². The lowest BCUT2D eigenvalue weighted by Gasteiger charge is -2.27. The van der Waals surface area contributed by atoms with Crippen LogP contribution in [0.25, 0.3) is 0 Å². The van der Waals surface area contributed by atoms with Crippen molar-refractivity contribution in [3.8, 4) is 0 Å². The molecule has 0 aliphatic heterocycles. The van der Waals surface area contributed by atoms with Crippen LogP contribution >= 0.6 is 0 Å². The molecule has 82 valence electrons. The first kappa shape index (κ1) is 13.6. The molecule has 3 heteroatoms. The smallest absolute Gasteiger partial charge is 0.211 e. The molecular weight excluding hydrogens is 190 g/mol. The lowest BCUT2D eigenvalue weighted by molar-refractivity contribution is 0.432. The minimum absolute atomic E-state index is 0.207. The number of aliphatic imine (C=N–C) groups is 1. The Hall–Kier alpha value is -0.403. The third-order valence-corrected chi connectivity index (χ3v) is 5.41. The van der Waals surface area contributed by atoms with Crippen LogP contribution in [0.5, 0.6) is 0 Å². The number of carbonyl (C=O) groups excluding carboxylic acids is 1. The van der Waals surface area contributed by atoms with Crippen molar-refractivity contribution in [2.75, 3.05) is 0 Å². The van der Waals surface area contributed by atoms with E-state index in [0.29, 0.717) is 5.04 Å². The van der Waals surface area contributed by atoms with Gasteiger partial charge in [-0.1, -0.05) is 33.6 Å². The Bertz CT molecular complexity index is 195. The number of hydrogen-bond acceptors (Lipinski definition) is 2. The van der Waals surface area contributed by atoms with Crippen LogP contribution in [0.15, 0.2) is 4.99 Å². The Morgan fingerprint density at radius 3 is 2.29 bits per heavy atom. The normalized spacial score (nSPS) is 13.6. The van der Waals surface area contributed by atoms with Gasteiger partial charge in [-0.2, -0.15) is 0 Å². The van der Waals surface area contributed by atoms with Gasteiger partial charge in [-0.05, 0) is 24.3 Å². The van der Waals surface area contributed by atoms with Gasteiger partial charge in [0.2, 0.25) is 6.08 Å². The summed E-state index contributed by atoms with van der Waals surface area (Å²) in [7, 11) is 1.24. The van der Waals surface area contributed by atoms with Gasteiger partial charge in [0.1, 0.15) is 0 Å². The van der Waals surface area contributed by atoms with E-state index in [2.05, 4.69) is 25.8 Å². The summed E-state index contributed by atoms with van der Waals surface area (Å²) < 4.78 is 0. The maximum absolute atomic E-state index is 10.2. The van der Waals surface area contributed by atoms with Gasteiger partial charge in [-0.3, -0.25) is 0 Å². The van der Waals surface area contributed by atoms with Gasteiger partial charge >= 0.3 is 0 Å². The van der Waals surface area contributed by atoms with Crippen molar-refractivity contribution >= 4 is 16.3 Å². The first-order valence-electron chi connectivity index (χ1n) is 5.68. The molecule has 0 saturated carbocycles. The minimum atomic E-state index is 0.207. The van der Waals surface area contributed by atoms with E-state index in [9.17, 15) is 4.79 Å². The van der Waals surface area contributed by atoms with Crippen molar-refractivity contribution in [1.82, 2.24) is 0 Å². The van der Waals surface area contributed by atoms with Crippen LogP contribution in [-0.4, -0.2) is 22.4 Å². The van der Waals surface area contributed by atoms with Crippen molar-refractivity contribution in [2.24, 2.45) is 4.99 Å². The van der Waals surface area contributed by atoms with E-state index in [1.807, 2.05) is 0 Å². The van der Waals surface area contributed by atoms with Gasteiger partial charge in [0.25, 0.3) is 0 Å². The average molecular weight is 213 g/mol. The highest BCUT2D eigenvalue weighted by atomic mass is 28.1. The number of isocyanates is 1. The van der Waals surface area contributed by atoms with Crippen LogP contribution in [0.2, 0.25) is 5.04 Å². The van der Waals surface area contributed by atoms with E-state index in [-0.39, 0.29) is 6.04 Å². The highest BCUT2D eigenvalue weighted by Gasteiger charge is 2.20. The van der Waals surface area contributed by atoms with Crippen molar-refractivity contribution < 1.29 is 4.79 Å². The maximum Gasteiger partial charge on any atom is 0.235 e. The fourth-order valence-electron chi connectivity index (χ4n) is 1.55. The lowest BCUT2D eigenvalue weighted by Crippen LogP contribution is -2.14. The number of rotatable bonds is 7. The summed E-state index contributed by atoms with van der Waals surface area (Å²) in [5.41, 5.74) is 0. The van der Waals surface area contributed by atoms with Crippen LogP contribution in [0.1, 0.15) is 52.9 Å². The molecule has 0 radical (unpaired) electrons. The summed E-state index contributed by atoms with van der Waals surface area (Å²) in [5, 5.41) is 0.561. The van der Waals surface area contributed by atoms with Gasteiger partial charge in [-0.25, -0.2) is 9.79 Å². The minimum Gasteiger partial charge on any atom is -0.211 e. The summed E-state index contributed by atoms with van der Waals surface area (Å²) in [4.78, 5) is 14.0. The largest absolute Gasteiger partial charge is 0.235 e. The molecule has 0 aromatic carbocycles. The Morgan fingerprint density at radius 1 is 1.36 bits per heavy atom. The van der Waals surface area contributed by atoms with Gasteiger partial charge in [0.15, 0.2) is 0 Å². The van der Waals surface area contributed by atoms with Crippen LogP contribution in [-0.2, 0) is 4.79 Å². The van der Waals surface area contributed by atoms with Gasteiger partial charge in [0, 0.05) is 10.2 Å². The van der Waals surface area contributed by atoms with Crippen molar-refractivity contribution in [1.29, 1.82) is 0 Å². The van der Waals surface area contributed by atoms with Crippen LogP contribution in [0, 0.1) is 0 Å². The Balaban J connectivity index is 4.06. The zero-order chi connectivity index (χ0) is 11.0. The van der Waals surface area contributed by atoms with Gasteiger partial charge in [-0.15, -0.1) is 0 Å². The first-order chi connectivity index (χ1) is 6.61. The Kier molecular flexibility index (Phi) is 6.76. The molecule has 0 bridgehead atoms. The average Bonchev–Trinajstić information content (AvgIpc) is 2.23. The van der Waals surface area contributed by atoms with Crippen molar-refractivity contribution in [3.05, 3.63) is 0 Å². The van der Waals surface area contributed by atoms with Crippen molar-refractivity contribution in [2.45, 2.75) is 64.0 Å². The Morgan fingerprint density at radius 2 is 1.93 bits per heavy atom. The van der Waals surface area contributed by atoms with Gasteiger partial charge < -0.3 is 0 Å². The third kappa shape index (κ3) is 4.73. The molecule has 14 heavy (non-hydrogen) atoms. The molecule has 1 atom stereocenters. The highest BCUT2D eigenvalue weighted by Crippen LogP contribution is 2.36. The molecule has 0 fully saturated rings. The number of hydrogen-bond donors (Lipinski definition) is 0. The molecule has 0 heterocycles. The SMILES string of the molecule is CCC(CCC([SiH3])(CC)CC)N=C=O. The quantitative estimate of drug-likeness (QED) is 0.362. The van der Waals surface area contributed by atoms with E-state index in [0.717, 1.165) is 12.8 Å². The summed E-state index contributed by atoms with van der Waals surface area (Å²) in [6.45, 7) is 6.61. The molecule has 0 rings (SSSR count). The van der Waals surface area contributed by atoms with E-state index in [1.54, 1.807) is 6.08 Å². The van der Waals surface area contributed by atoms with E-state index in [4.69, 9.17) is 0 Å². The summed E-state index contributed by atoms with van der Waals surface area (Å²) in [6.07, 6.45) is 7.43. The molecule has 0 saturated heterocycles. The second kappa shape index (κ2) is 6.96. The standard InChI is InChI=1S/C11H23NOSi/c1-4-10(12-9-13)7-8-11(14,5-2)6-3/h10H,4-8H2,1-3,14H3. The summed E-state index contributed by atoms with van der Waals surface area (Å²) in [6, 6.07) is 0.207. The lowest BCUT2D eigenvalue weighted by atomic mass is 9.93. The molecule has 2 nitrogen and oxygen atoms in total. The van der Waals surface area contributed by atoms with Crippen LogP contribution in [0.4, 0.5) is 0 Å². The van der Waals surface area contributed by atoms with Gasteiger partial charge in [0.05, 0.1) is 6.04 Å². The third-order valence-electron chi connectivity index (χ3n) is 3.49. The predicted octanol–water partition coefficient (Wildman–Crippen LogP) is 2.23. The summed E-state index contributed by atoms with van der Waals surface area (Å²) in [5.74, 6) is 0. The van der Waals surface area contributed by atoms with Crippen LogP contribution < -0.4 is 0 Å². The zero-order valence-corrected chi connectivity index (χ0v) is 12.0. The molecule has 0 amide bonds.